The highest BCUT2D eigenvalue weighted by Crippen LogP contribution is 2.45. The molecule has 0 saturated carbocycles. The Bertz CT molecular complexity index is 1920. The maximum absolute atomic E-state index is 12.8. The van der Waals surface area contributed by atoms with Crippen molar-refractivity contribution in [1.82, 2.24) is 0 Å². The first-order valence-electron chi connectivity index (χ1n) is 35.2. The molecule has 0 fully saturated rings. The van der Waals surface area contributed by atoms with Crippen molar-refractivity contribution < 1.29 is 75.8 Å². The molecule has 16 nitrogen and oxygen atoms in total. The molecule has 518 valence electrons. The van der Waals surface area contributed by atoms with Crippen LogP contribution in [-0.4, -0.2) is 95.9 Å². The number of hydrogen-bond donors (Lipinski definition) is 4. The van der Waals surface area contributed by atoms with Gasteiger partial charge in [-0.25, -0.2) is 9.13 Å². The molecule has 0 saturated heterocycles. The summed E-state index contributed by atoms with van der Waals surface area (Å²) in [5, 5.41) is 20.5. The predicted octanol–water partition coefficient (Wildman–Crippen LogP) is 19.5. The van der Waals surface area contributed by atoms with Gasteiger partial charge in [0.15, 0.2) is 6.10 Å². The quantitative estimate of drug-likeness (QED) is 0.0146. The summed E-state index contributed by atoms with van der Waals surface area (Å²) in [6.07, 6.45) is 68.5. The highest BCUT2D eigenvalue weighted by atomic mass is 31.2. The number of aliphatic hydroxyl groups is 2. The molecule has 0 aliphatic rings. The van der Waals surface area contributed by atoms with Crippen LogP contribution >= 0.6 is 15.6 Å². The summed E-state index contributed by atoms with van der Waals surface area (Å²) in [4.78, 5) is 58.2. The fourth-order valence-corrected chi connectivity index (χ4v) is 11.1. The molecule has 0 heterocycles. The van der Waals surface area contributed by atoms with Crippen molar-refractivity contribution in [3.05, 3.63) is 72.9 Å². The Morgan fingerprint density at radius 3 is 0.989 bits per heavy atom. The summed E-state index contributed by atoms with van der Waals surface area (Å²) < 4.78 is 60.7. The summed E-state index contributed by atoms with van der Waals surface area (Å²) in [6, 6.07) is 0. The molecule has 0 bridgehead atoms. The molecular formula is C71H128O16P2. The number of phosphoric acid groups is 2. The second-order valence-corrected chi connectivity index (χ2v) is 26.6. The van der Waals surface area contributed by atoms with Crippen molar-refractivity contribution >= 4 is 33.6 Å². The number of esters is 3. The summed E-state index contributed by atoms with van der Waals surface area (Å²) in [5.74, 6) is -1.57. The summed E-state index contributed by atoms with van der Waals surface area (Å²) in [6.45, 7) is 2.51. The van der Waals surface area contributed by atoms with Gasteiger partial charge in [0, 0.05) is 19.3 Å². The van der Waals surface area contributed by atoms with Crippen LogP contribution < -0.4 is 0 Å². The second kappa shape index (κ2) is 65.1. The molecule has 5 unspecified atom stereocenters. The number of carbonyl (C=O) groups is 3. The van der Waals surface area contributed by atoms with Gasteiger partial charge in [0.1, 0.15) is 25.4 Å². The molecule has 0 aromatic carbocycles. The SMILES string of the molecule is CC/C=C\C/C=C\C/C=C\C/C=C\C/C=C\CCCCCCCCCCCCCCCCCC(=O)OCC(O)COP(=O)(O)OCC(O)COP(=O)(O)OCC(COC(=O)CCCCCCC/C=C\CCCC)OC(=O)CCCCCCCCCCCCC. The minimum absolute atomic E-state index is 0.109. The van der Waals surface area contributed by atoms with E-state index in [4.69, 9.17) is 32.3 Å². The van der Waals surface area contributed by atoms with E-state index in [1.807, 2.05) is 0 Å². The topological polar surface area (TPSA) is 231 Å². The third-order valence-corrected chi connectivity index (χ3v) is 16.8. The minimum Gasteiger partial charge on any atom is -0.463 e. The van der Waals surface area contributed by atoms with Crippen molar-refractivity contribution in [2.24, 2.45) is 0 Å². The number of carbonyl (C=O) groups excluding carboxylic acids is 3. The van der Waals surface area contributed by atoms with Crippen molar-refractivity contribution in [3.8, 4) is 0 Å². The van der Waals surface area contributed by atoms with E-state index in [-0.39, 0.29) is 19.3 Å². The molecule has 5 atom stereocenters. The van der Waals surface area contributed by atoms with Crippen molar-refractivity contribution in [2.75, 3.05) is 39.6 Å². The molecular weight excluding hydrogens is 1170 g/mol. The lowest BCUT2D eigenvalue weighted by Crippen LogP contribution is -2.30. The Labute approximate surface area is 541 Å². The van der Waals surface area contributed by atoms with Gasteiger partial charge < -0.3 is 34.2 Å². The van der Waals surface area contributed by atoms with E-state index in [1.165, 1.54) is 128 Å². The molecule has 0 radical (unpaired) electrons. The lowest BCUT2D eigenvalue weighted by Gasteiger charge is -2.21. The number of unbranched alkanes of at least 4 members (excludes halogenated alkanes) is 32. The van der Waals surface area contributed by atoms with Gasteiger partial charge in [0.25, 0.3) is 0 Å². The third-order valence-electron chi connectivity index (χ3n) is 14.9. The van der Waals surface area contributed by atoms with Crippen LogP contribution in [0.4, 0.5) is 0 Å². The van der Waals surface area contributed by atoms with Crippen LogP contribution in [0.25, 0.3) is 0 Å². The summed E-state index contributed by atoms with van der Waals surface area (Å²) in [5.41, 5.74) is 0. The zero-order valence-electron chi connectivity index (χ0n) is 56.1. The third kappa shape index (κ3) is 66.3. The zero-order valence-corrected chi connectivity index (χ0v) is 57.9. The Morgan fingerprint density at radius 2 is 0.607 bits per heavy atom. The number of aliphatic hydroxyl groups excluding tert-OH is 2. The Balaban J connectivity index is 4.29. The fourth-order valence-electron chi connectivity index (χ4n) is 9.52. The molecule has 4 N–H and O–H groups in total. The summed E-state index contributed by atoms with van der Waals surface area (Å²) >= 11 is 0. The van der Waals surface area contributed by atoms with E-state index in [9.17, 15) is 43.5 Å². The van der Waals surface area contributed by atoms with Crippen molar-refractivity contribution in [1.29, 1.82) is 0 Å². The van der Waals surface area contributed by atoms with Crippen LogP contribution in [0.1, 0.15) is 303 Å². The highest BCUT2D eigenvalue weighted by molar-refractivity contribution is 7.47. The fraction of sp³-hybridized carbons (Fsp3) is 0.789. The van der Waals surface area contributed by atoms with Crippen molar-refractivity contribution in [2.45, 2.75) is 322 Å². The van der Waals surface area contributed by atoms with E-state index >= 15 is 0 Å². The molecule has 0 rings (SSSR count). The Kier molecular flexibility index (Phi) is 62.9. The molecule has 0 spiro atoms. The maximum atomic E-state index is 12.8. The Morgan fingerprint density at radius 1 is 0.326 bits per heavy atom. The minimum atomic E-state index is -4.91. The number of phosphoric ester groups is 2. The lowest BCUT2D eigenvalue weighted by atomic mass is 10.0. The number of allylic oxidation sites excluding steroid dienone is 12. The average molecular weight is 1300 g/mol. The maximum Gasteiger partial charge on any atom is 0.472 e. The van der Waals surface area contributed by atoms with E-state index in [0.717, 1.165) is 116 Å². The first-order valence-corrected chi connectivity index (χ1v) is 38.2. The normalized spacial score (nSPS) is 14.6. The number of hydrogen-bond acceptors (Lipinski definition) is 14. The van der Waals surface area contributed by atoms with Crippen LogP contribution in [0.15, 0.2) is 72.9 Å². The van der Waals surface area contributed by atoms with Gasteiger partial charge in [0.2, 0.25) is 0 Å². The van der Waals surface area contributed by atoms with E-state index in [1.54, 1.807) is 0 Å². The van der Waals surface area contributed by atoms with Gasteiger partial charge >= 0.3 is 33.6 Å². The largest absolute Gasteiger partial charge is 0.472 e. The molecule has 0 aliphatic carbocycles. The van der Waals surface area contributed by atoms with Gasteiger partial charge in [-0.15, -0.1) is 0 Å². The molecule has 0 amide bonds. The number of rotatable bonds is 67. The van der Waals surface area contributed by atoms with Gasteiger partial charge in [-0.3, -0.25) is 32.5 Å². The van der Waals surface area contributed by atoms with Gasteiger partial charge in [-0.1, -0.05) is 273 Å². The van der Waals surface area contributed by atoms with Crippen LogP contribution in [0.3, 0.4) is 0 Å². The second-order valence-electron chi connectivity index (χ2n) is 23.7. The van der Waals surface area contributed by atoms with Gasteiger partial charge in [-0.05, 0) is 83.5 Å². The molecule has 89 heavy (non-hydrogen) atoms. The van der Waals surface area contributed by atoms with E-state index in [2.05, 4.69) is 93.7 Å². The average Bonchev–Trinajstić information content (AvgIpc) is 3.66. The predicted molar refractivity (Wildman–Crippen MR) is 362 cm³/mol. The van der Waals surface area contributed by atoms with Gasteiger partial charge in [0.05, 0.1) is 26.4 Å². The summed E-state index contributed by atoms with van der Waals surface area (Å²) in [7, 11) is -9.75. The monoisotopic (exact) mass is 1300 g/mol. The molecule has 0 aromatic heterocycles. The van der Waals surface area contributed by atoms with Crippen LogP contribution in [0, 0.1) is 0 Å². The van der Waals surface area contributed by atoms with E-state index in [0.29, 0.717) is 19.3 Å². The Hall–Kier alpha value is -3.01. The first kappa shape index (κ1) is 86.0. The number of ether oxygens (including phenoxy) is 3. The van der Waals surface area contributed by atoms with Crippen LogP contribution in [0.2, 0.25) is 0 Å². The molecule has 18 heteroatoms. The smallest absolute Gasteiger partial charge is 0.463 e. The standard InChI is InChI=1S/C71H128O16P2/c1-4-7-10-13-16-19-22-23-24-25-26-27-28-29-30-31-32-33-34-35-36-37-38-39-40-41-44-46-48-51-54-57-69(74)81-60-66(72)61-83-88(77,78)84-62-67(73)63-85-89(79,80)86-65-68(87-71(76)59-56-53-50-47-43-21-18-15-12-9-6-3)64-82-70(75)58-55-52-49-45-42-20-17-14-11-8-5-2/h7,10,14,16-17,19,23-24,26-27,29-30,66-68,72-73H,4-6,8-9,11-13,15,18,20-22,25,28,31-65H2,1-3H3,(H,77,78)(H,79,80)/b10-7-,17-14-,19-16-,24-23-,27-26-,30-29-. The highest BCUT2D eigenvalue weighted by Gasteiger charge is 2.29. The zero-order chi connectivity index (χ0) is 65.3. The molecule has 0 aliphatic heterocycles. The van der Waals surface area contributed by atoms with Crippen molar-refractivity contribution in [3.63, 3.8) is 0 Å². The van der Waals surface area contributed by atoms with Crippen LogP contribution in [0.5, 0.6) is 0 Å². The van der Waals surface area contributed by atoms with E-state index < -0.39 is 91.5 Å². The molecule has 0 aromatic rings. The van der Waals surface area contributed by atoms with Gasteiger partial charge in [-0.2, -0.15) is 0 Å². The van der Waals surface area contributed by atoms with Crippen LogP contribution in [-0.2, 0) is 55.8 Å². The lowest BCUT2D eigenvalue weighted by molar-refractivity contribution is -0.161. The first-order chi connectivity index (χ1) is 43.2.